The summed E-state index contributed by atoms with van der Waals surface area (Å²) in [5.74, 6) is 0.361. The summed E-state index contributed by atoms with van der Waals surface area (Å²) in [6.07, 6.45) is 2.52. The van der Waals surface area contributed by atoms with E-state index in [2.05, 4.69) is 6.92 Å². The molecule has 0 aromatic rings. The molecule has 0 aliphatic carbocycles. The van der Waals surface area contributed by atoms with Crippen LogP contribution >= 0.6 is 0 Å². The van der Waals surface area contributed by atoms with Gasteiger partial charge in [0.15, 0.2) is 12.6 Å². The summed E-state index contributed by atoms with van der Waals surface area (Å²) in [6.45, 7) is 2.09. The Bertz CT molecular complexity index is 165. The molecule has 4 heteroatoms. The first kappa shape index (κ1) is 11.9. The lowest BCUT2D eigenvalue weighted by Crippen LogP contribution is -2.27. The van der Waals surface area contributed by atoms with Crippen LogP contribution in [0.25, 0.3) is 0 Å². The van der Waals surface area contributed by atoms with Gasteiger partial charge in [0.05, 0.1) is 0 Å². The fourth-order valence-corrected chi connectivity index (χ4v) is 1.84. The quantitative estimate of drug-likeness (QED) is 0.727. The summed E-state index contributed by atoms with van der Waals surface area (Å²) in [7, 11) is 3.31. The van der Waals surface area contributed by atoms with E-state index in [1.165, 1.54) is 0 Å². The molecular weight excluding hydrogens is 182 g/mol. The van der Waals surface area contributed by atoms with Crippen LogP contribution in [0.5, 0.6) is 0 Å². The first-order valence-electron chi connectivity index (χ1n) is 5.17. The molecular formula is C10H21NO3. The fraction of sp³-hybridized carbons (Fsp3) is 1.00. The zero-order valence-electron chi connectivity index (χ0n) is 9.23. The zero-order valence-corrected chi connectivity index (χ0v) is 9.23. The van der Waals surface area contributed by atoms with E-state index < -0.39 is 0 Å². The summed E-state index contributed by atoms with van der Waals surface area (Å²) >= 11 is 0. The van der Waals surface area contributed by atoms with E-state index in [1.807, 2.05) is 0 Å². The number of ether oxygens (including phenoxy) is 3. The van der Waals surface area contributed by atoms with E-state index in [9.17, 15) is 0 Å². The second-order valence-electron chi connectivity index (χ2n) is 3.81. The Morgan fingerprint density at radius 1 is 1.43 bits per heavy atom. The maximum atomic E-state index is 5.90. The molecule has 0 bridgehead atoms. The Balaban J connectivity index is 2.42. The van der Waals surface area contributed by atoms with Gasteiger partial charge in [-0.3, -0.25) is 0 Å². The molecule has 0 saturated carbocycles. The van der Waals surface area contributed by atoms with Gasteiger partial charge in [0.25, 0.3) is 0 Å². The number of hydrogen-bond acceptors (Lipinski definition) is 4. The van der Waals surface area contributed by atoms with Gasteiger partial charge in [-0.25, -0.2) is 0 Å². The van der Waals surface area contributed by atoms with Gasteiger partial charge in [-0.15, -0.1) is 0 Å². The van der Waals surface area contributed by atoms with Crippen molar-refractivity contribution in [2.75, 3.05) is 14.2 Å². The minimum Gasteiger partial charge on any atom is -0.356 e. The second kappa shape index (κ2) is 5.66. The summed E-state index contributed by atoms with van der Waals surface area (Å²) in [5, 5.41) is 0. The van der Waals surface area contributed by atoms with E-state index in [4.69, 9.17) is 19.9 Å². The lowest BCUT2D eigenvalue weighted by Gasteiger charge is -2.19. The van der Waals surface area contributed by atoms with Crippen LogP contribution in [-0.4, -0.2) is 32.8 Å². The molecule has 4 nitrogen and oxygen atoms in total. The maximum absolute atomic E-state index is 5.90. The van der Waals surface area contributed by atoms with Crippen molar-refractivity contribution in [3.05, 3.63) is 0 Å². The standard InChI is InChI=1S/C10H21NO3/c1-4-8(11)5-7-6-9(12-2)14-10(7)13-3/h7-10H,4-6,11H2,1-3H3. The molecule has 0 aromatic carbocycles. The van der Waals surface area contributed by atoms with Gasteiger partial charge >= 0.3 is 0 Å². The largest absolute Gasteiger partial charge is 0.356 e. The Morgan fingerprint density at radius 2 is 2.14 bits per heavy atom. The minimum atomic E-state index is -0.155. The predicted molar refractivity (Wildman–Crippen MR) is 53.7 cm³/mol. The van der Waals surface area contributed by atoms with Crippen LogP contribution in [-0.2, 0) is 14.2 Å². The number of nitrogens with two attached hydrogens (primary N) is 1. The molecule has 1 rings (SSSR count). The van der Waals surface area contributed by atoms with Gasteiger partial charge < -0.3 is 19.9 Å². The highest BCUT2D eigenvalue weighted by molar-refractivity contribution is 4.76. The highest BCUT2D eigenvalue weighted by Gasteiger charge is 2.35. The lowest BCUT2D eigenvalue weighted by atomic mass is 9.96. The van der Waals surface area contributed by atoms with Gasteiger partial charge in [0.1, 0.15) is 0 Å². The molecule has 4 unspecified atom stereocenters. The van der Waals surface area contributed by atoms with Crippen LogP contribution in [0.4, 0.5) is 0 Å². The fourth-order valence-electron chi connectivity index (χ4n) is 1.84. The molecule has 1 aliphatic rings. The molecule has 84 valence electrons. The van der Waals surface area contributed by atoms with Gasteiger partial charge in [0, 0.05) is 32.6 Å². The van der Waals surface area contributed by atoms with Crippen molar-refractivity contribution in [1.82, 2.24) is 0 Å². The Morgan fingerprint density at radius 3 is 2.64 bits per heavy atom. The highest BCUT2D eigenvalue weighted by Crippen LogP contribution is 2.30. The van der Waals surface area contributed by atoms with E-state index in [0.717, 1.165) is 19.3 Å². The van der Waals surface area contributed by atoms with Crippen molar-refractivity contribution < 1.29 is 14.2 Å². The van der Waals surface area contributed by atoms with Crippen molar-refractivity contribution in [3.8, 4) is 0 Å². The molecule has 1 fully saturated rings. The predicted octanol–water partition coefficient (Wildman–Crippen LogP) is 1.10. The monoisotopic (exact) mass is 203 g/mol. The van der Waals surface area contributed by atoms with Crippen LogP contribution in [0.3, 0.4) is 0 Å². The lowest BCUT2D eigenvalue weighted by molar-refractivity contribution is -0.193. The molecule has 0 aromatic heterocycles. The van der Waals surface area contributed by atoms with Crippen LogP contribution in [0.1, 0.15) is 26.2 Å². The number of rotatable bonds is 5. The molecule has 0 radical (unpaired) electrons. The topological polar surface area (TPSA) is 53.7 Å². The Kier molecular flexibility index (Phi) is 4.81. The van der Waals surface area contributed by atoms with Crippen LogP contribution in [0.15, 0.2) is 0 Å². The van der Waals surface area contributed by atoms with Gasteiger partial charge in [-0.1, -0.05) is 6.92 Å². The summed E-state index contributed by atoms with van der Waals surface area (Å²) < 4.78 is 15.9. The number of hydrogen-bond donors (Lipinski definition) is 1. The second-order valence-corrected chi connectivity index (χ2v) is 3.81. The van der Waals surface area contributed by atoms with Gasteiger partial charge in [-0.05, 0) is 12.8 Å². The SMILES string of the molecule is CCC(N)CC1CC(OC)OC1OC. The first-order chi connectivity index (χ1) is 6.71. The van der Waals surface area contributed by atoms with Gasteiger partial charge in [-0.2, -0.15) is 0 Å². The van der Waals surface area contributed by atoms with Crippen molar-refractivity contribution in [3.63, 3.8) is 0 Å². The van der Waals surface area contributed by atoms with Crippen molar-refractivity contribution in [2.45, 2.75) is 44.8 Å². The average molecular weight is 203 g/mol. The van der Waals surface area contributed by atoms with Crippen molar-refractivity contribution >= 4 is 0 Å². The molecule has 0 amide bonds. The van der Waals surface area contributed by atoms with Crippen LogP contribution in [0, 0.1) is 5.92 Å². The number of methoxy groups -OCH3 is 2. The van der Waals surface area contributed by atoms with E-state index >= 15 is 0 Å². The van der Waals surface area contributed by atoms with Gasteiger partial charge in [0.2, 0.25) is 0 Å². The maximum Gasteiger partial charge on any atom is 0.163 e. The van der Waals surface area contributed by atoms with E-state index in [0.29, 0.717) is 5.92 Å². The minimum absolute atomic E-state index is 0.131. The molecule has 2 N–H and O–H groups in total. The van der Waals surface area contributed by atoms with Crippen molar-refractivity contribution in [2.24, 2.45) is 11.7 Å². The molecule has 0 spiro atoms. The molecule has 4 atom stereocenters. The Labute approximate surface area is 85.7 Å². The van der Waals surface area contributed by atoms with E-state index in [1.54, 1.807) is 14.2 Å². The third-order valence-corrected chi connectivity index (χ3v) is 2.79. The third kappa shape index (κ3) is 2.92. The summed E-state index contributed by atoms with van der Waals surface area (Å²) in [4.78, 5) is 0. The smallest absolute Gasteiger partial charge is 0.163 e. The van der Waals surface area contributed by atoms with Crippen LogP contribution < -0.4 is 5.73 Å². The zero-order chi connectivity index (χ0) is 10.6. The first-order valence-corrected chi connectivity index (χ1v) is 5.17. The van der Waals surface area contributed by atoms with Crippen molar-refractivity contribution in [1.29, 1.82) is 0 Å². The normalized spacial score (nSPS) is 34.7. The summed E-state index contributed by atoms with van der Waals surface area (Å²) in [6, 6.07) is 0.233. The molecule has 1 heterocycles. The average Bonchev–Trinajstić information content (AvgIpc) is 2.60. The van der Waals surface area contributed by atoms with Crippen LogP contribution in [0.2, 0.25) is 0 Å². The summed E-state index contributed by atoms with van der Waals surface area (Å²) in [5.41, 5.74) is 5.90. The molecule has 1 aliphatic heterocycles. The Hall–Kier alpha value is -0.160. The highest BCUT2D eigenvalue weighted by atomic mass is 16.8. The molecule has 1 saturated heterocycles. The third-order valence-electron chi connectivity index (χ3n) is 2.79. The molecule has 14 heavy (non-hydrogen) atoms. The van der Waals surface area contributed by atoms with E-state index in [-0.39, 0.29) is 18.6 Å².